The molecule has 2 rings (SSSR count). The van der Waals surface area contributed by atoms with Crippen molar-refractivity contribution in [2.75, 3.05) is 40.3 Å². The number of nitrogens with zero attached hydrogens (tertiary/aromatic N) is 4. The van der Waals surface area contributed by atoms with Gasteiger partial charge in [-0.2, -0.15) is 0 Å². The first-order valence-corrected chi connectivity index (χ1v) is 8.74. The topological polar surface area (TPSA) is 51.2 Å². The Kier molecular flexibility index (Phi) is 5.55. The molecule has 1 unspecified atom stereocenters. The van der Waals surface area contributed by atoms with Gasteiger partial charge in [-0.15, -0.1) is 0 Å². The Morgan fingerprint density at radius 2 is 2.13 bits per heavy atom. The summed E-state index contributed by atoms with van der Waals surface area (Å²) in [7, 11) is 3.98. The van der Waals surface area contributed by atoms with E-state index < -0.39 is 0 Å². The molecule has 6 nitrogen and oxygen atoms in total. The van der Waals surface area contributed by atoms with E-state index in [1.165, 1.54) is 19.4 Å². The lowest BCUT2D eigenvalue weighted by molar-refractivity contribution is -0.145. The number of rotatable bonds is 3. The van der Waals surface area contributed by atoms with Crippen LogP contribution in [0.25, 0.3) is 0 Å². The van der Waals surface area contributed by atoms with E-state index >= 15 is 0 Å². The molecule has 23 heavy (non-hydrogen) atoms. The Bertz CT molecular complexity index is 460. The molecule has 2 saturated heterocycles. The van der Waals surface area contributed by atoms with Gasteiger partial charge in [0.25, 0.3) is 0 Å². The minimum absolute atomic E-state index is 0.178. The van der Waals surface area contributed by atoms with Crippen LogP contribution in [0.3, 0.4) is 0 Å². The second-order valence-electron chi connectivity index (χ2n) is 7.73. The van der Waals surface area contributed by atoms with Gasteiger partial charge >= 0.3 is 0 Å². The van der Waals surface area contributed by atoms with Crippen LogP contribution >= 0.6 is 0 Å². The Balaban J connectivity index is 2.01. The van der Waals surface area contributed by atoms with E-state index in [0.717, 1.165) is 19.0 Å². The third kappa shape index (κ3) is 3.97. The summed E-state index contributed by atoms with van der Waals surface area (Å²) in [4.78, 5) is 23.5. The SMILES string of the molecule is CN=C(NCC1CCCN1C)N1CC(=O)N(C(C)C)C(C)(C)C1. The molecule has 0 radical (unpaired) electrons. The maximum Gasteiger partial charge on any atom is 0.242 e. The van der Waals surface area contributed by atoms with Gasteiger partial charge in [-0.25, -0.2) is 0 Å². The molecule has 0 bridgehead atoms. The van der Waals surface area contributed by atoms with Crippen molar-refractivity contribution >= 4 is 11.9 Å². The second kappa shape index (κ2) is 7.07. The van der Waals surface area contributed by atoms with Gasteiger partial charge in [0.1, 0.15) is 0 Å². The van der Waals surface area contributed by atoms with Gasteiger partial charge in [0.15, 0.2) is 5.96 Å². The molecule has 2 aliphatic heterocycles. The maximum absolute atomic E-state index is 12.6. The van der Waals surface area contributed by atoms with Crippen LogP contribution in [0.15, 0.2) is 4.99 Å². The van der Waals surface area contributed by atoms with Crippen molar-refractivity contribution in [1.29, 1.82) is 0 Å². The van der Waals surface area contributed by atoms with E-state index in [-0.39, 0.29) is 17.5 Å². The molecule has 0 aliphatic carbocycles. The van der Waals surface area contributed by atoms with E-state index in [1.54, 1.807) is 7.05 Å². The number of carbonyl (C=O) groups is 1. The number of likely N-dealkylation sites (N-methyl/N-ethyl adjacent to an activating group) is 1. The molecule has 0 aromatic heterocycles. The molecule has 2 heterocycles. The normalized spacial score (nSPS) is 26.3. The minimum atomic E-state index is -0.189. The number of hydrogen-bond acceptors (Lipinski definition) is 3. The quantitative estimate of drug-likeness (QED) is 0.621. The van der Waals surface area contributed by atoms with Crippen LogP contribution in [0.2, 0.25) is 0 Å². The van der Waals surface area contributed by atoms with Crippen LogP contribution in [0, 0.1) is 0 Å². The molecule has 132 valence electrons. The largest absolute Gasteiger partial charge is 0.355 e. The number of guanidine groups is 1. The molecule has 0 aromatic carbocycles. The van der Waals surface area contributed by atoms with Crippen molar-refractivity contribution in [3.05, 3.63) is 0 Å². The zero-order chi connectivity index (χ0) is 17.2. The molecule has 1 amide bonds. The Morgan fingerprint density at radius 3 is 2.61 bits per heavy atom. The Labute approximate surface area is 140 Å². The molecule has 6 heteroatoms. The van der Waals surface area contributed by atoms with Crippen molar-refractivity contribution in [1.82, 2.24) is 20.0 Å². The van der Waals surface area contributed by atoms with E-state index in [4.69, 9.17) is 0 Å². The minimum Gasteiger partial charge on any atom is -0.355 e. The van der Waals surface area contributed by atoms with Gasteiger partial charge < -0.3 is 20.0 Å². The van der Waals surface area contributed by atoms with Crippen LogP contribution in [0.5, 0.6) is 0 Å². The molecule has 0 saturated carbocycles. The number of hydrogen-bond donors (Lipinski definition) is 1. The highest BCUT2D eigenvalue weighted by Gasteiger charge is 2.40. The number of nitrogens with one attached hydrogen (secondary N) is 1. The summed E-state index contributed by atoms with van der Waals surface area (Å²) in [5.41, 5.74) is -0.189. The van der Waals surface area contributed by atoms with Gasteiger partial charge in [-0.3, -0.25) is 9.79 Å². The second-order valence-corrected chi connectivity index (χ2v) is 7.73. The fourth-order valence-electron chi connectivity index (χ4n) is 4.09. The number of carbonyl (C=O) groups excluding carboxylic acids is 1. The Hall–Kier alpha value is -1.30. The number of piperazine rings is 1. The van der Waals surface area contributed by atoms with Crippen molar-refractivity contribution < 1.29 is 4.79 Å². The van der Waals surface area contributed by atoms with Gasteiger partial charge in [-0.05, 0) is 54.1 Å². The number of aliphatic imine (C=N–C) groups is 1. The van der Waals surface area contributed by atoms with Crippen LogP contribution < -0.4 is 5.32 Å². The maximum atomic E-state index is 12.6. The molecular formula is C17H33N5O. The molecule has 0 spiro atoms. The lowest BCUT2D eigenvalue weighted by Crippen LogP contribution is -2.66. The summed E-state index contributed by atoms with van der Waals surface area (Å²) in [5.74, 6) is 1.02. The highest BCUT2D eigenvalue weighted by Crippen LogP contribution is 2.24. The summed E-state index contributed by atoms with van der Waals surface area (Å²) < 4.78 is 0. The zero-order valence-electron chi connectivity index (χ0n) is 15.6. The average Bonchev–Trinajstić information content (AvgIpc) is 2.82. The zero-order valence-corrected chi connectivity index (χ0v) is 15.6. The standard InChI is InChI=1S/C17H33N5O/c1-13(2)22-15(23)11-21(12-17(22,3)4)16(18-5)19-10-14-8-7-9-20(14)6/h13-14H,7-12H2,1-6H3,(H,18,19). The van der Waals surface area contributed by atoms with Crippen LogP contribution in [-0.2, 0) is 4.79 Å². The van der Waals surface area contributed by atoms with E-state index in [1.807, 2.05) is 4.90 Å². The molecule has 1 N–H and O–H groups in total. The van der Waals surface area contributed by atoms with E-state index in [9.17, 15) is 4.79 Å². The summed E-state index contributed by atoms with van der Waals surface area (Å²) in [6, 6.07) is 0.786. The van der Waals surface area contributed by atoms with Crippen LogP contribution in [0.4, 0.5) is 0 Å². The van der Waals surface area contributed by atoms with Crippen molar-refractivity contribution in [2.24, 2.45) is 4.99 Å². The lowest BCUT2D eigenvalue weighted by Gasteiger charge is -2.49. The summed E-state index contributed by atoms with van der Waals surface area (Å²) >= 11 is 0. The highest BCUT2D eigenvalue weighted by molar-refractivity contribution is 5.88. The van der Waals surface area contributed by atoms with Crippen LogP contribution in [0.1, 0.15) is 40.5 Å². The van der Waals surface area contributed by atoms with Crippen LogP contribution in [-0.4, -0.2) is 84.5 Å². The van der Waals surface area contributed by atoms with E-state index in [0.29, 0.717) is 12.6 Å². The molecule has 2 aliphatic rings. The third-order valence-corrected chi connectivity index (χ3v) is 5.02. The highest BCUT2D eigenvalue weighted by atomic mass is 16.2. The van der Waals surface area contributed by atoms with Gasteiger partial charge in [0.2, 0.25) is 5.91 Å². The van der Waals surface area contributed by atoms with Crippen molar-refractivity contribution in [3.8, 4) is 0 Å². The van der Waals surface area contributed by atoms with Crippen molar-refractivity contribution in [3.63, 3.8) is 0 Å². The summed E-state index contributed by atoms with van der Waals surface area (Å²) in [6.07, 6.45) is 2.49. The first-order valence-electron chi connectivity index (χ1n) is 8.74. The first kappa shape index (κ1) is 18.0. The average molecular weight is 323 g/mol. The van der Waals surface area contributed by atoms with Crippen molar-refractivity contribution in [2.45, 2.75) is 58.2 Å². The predicted octanol–water partition coefficient (Wildman–Crippen LogP) is 0.987. The summed E-state index contributed by atoms with van der Waals surface area (Å²) in [6.45, 7) is 11.7. The lowest BCUT2D eigenvalue weighted by atomic mass is 9.96. The monoisotopic (exact) mass is 323 g/mol. The smallest absolute Gasteiger partial charge is 0.242 e. The van der Waals surface area contributed by atoms with Gasteiger partial charge in [0, 0.05) is 32.2 Å². The van der Waals surface area contributed by atoms with E-state index in [2.05, 4.69) is 54.9 Å². The molecule has 1 atom stereocenters. The molecular weight excluding hydrogens is 290 g/mol. The number of likely N-dealkylation sites (tertiary alicyclic amines) is 1. The van der Waals surface area contributed by atoms with Gasteiger partial charge in [0.05, 0.1) is 12.1 Å². The first-order chi connectivity index (χ1) is 10.8. The fourth-order valence-corrected chi connectivity index (χ4v) is 4.09. The predicted molar refractivity (Wildman–Crippen MR) is 94.6 cm³/mol. The Morgan fingerprint density at radius 1 is 1.43 bits per heavy atom. The van der Waals surface area contributed by atoms with Gasteiger partial charge in [-0.1, -0.05) is 0 Å². The fraction of sp³-hybridized carbons (Fsp3) is 0.882. The number of amides is 1. The summed E-state index contributed by atoms with van der Waals surface area (Å²) in [5, 5.41) is 3.48. The molecule has 0 aromatic rings. The third-order valence-electron chi connectivity index (χ3n) is 5.02. The molecule has 2 fully saturated rings.